The number of benzene rings is 3. The summed E-state index contributed by atoms with van der Waals surface area (Å²) in [5.74, 6) is 1.32. The molecule has 1 aromatic heterocycles. The molecule has 178 valence electrons. The van der Waals surface area contributed by atoms with Crippen LogP contribution in [0.25, 0.3) is 11.0 Å². The van der Waals surface area contributed by atoms with Gasteiger partial charge in [-0.25, -0.2) is 13.2 Å². The van der Waals surface area contributed by atoms with E-state index in [4.69, 9.17) is 9.47 Å². The minimum absolute atomic E-state index is 0.110. The maximum atomic E-state index is 13.2. The van der Waals surface area contributed by atoms with Gasteiger partial charge in [0.2, 0.25) is 0 Å². The monoisotopic (exact) mass is 499 g/mol. The Morgan fingerprint density at radius 3 is 2.09 bits per heavy atom. The van der Waals surface area contributed by atoms with E-state index >= 15 is 0 Å². The van der Waals surface area contributed by atoms with Crippen LogP contribution >= 0.6 is 11.8 Å². The Labute approximate surface area is 202 Å². The Hall–Kier alpha value is -3.37. The molecule has 1 heterocycles. The molecule has 0 amide bonds. The van der Waals surface area contributed by atoms with E-state index in [0.29, 0.717) is 34.0 Å². The maximum Gasteiger partial charge on any atom is 0.328 e. The molecule has 0 bridgehead atoms. The average molecular weight is 500 g/mol. The number of aromatic nitrogens is 2. The van der Waals surface area contributed by atoms with E-state index in [1.807, 2.05) is 37.3 Å². The molecule has 0 saturated carbocycles. The fourth-order valence-electron chi connectivity index (χ4n) is 3.55. The van der Waals surface area contributed by atoms with Gasteiger partial charge < -0.3 is 9.47 Å². The molecule has 0 saturated heterocycles. The molecule has 10 heteroatoms. The van der Waals surface area contributed by atoms with Crippen LogP contribution in [-0.4, -0.2) is 31.3 Å². The minimum atomic E-state index is -3.89. The van der Waals surface area contributed by atoms with E-state index in [9.17, 15) is 13.2 Å². The number of hydrogen-bond acceptors (Lipinski definition) is 6. The van der Waals surface area contributed by atoms with Crippen molar-refractivity contribution in [2.45, 2.75) is 21.6 Å². The summed E-state index contributed by atoms with van der Waals surface area (Å²) in [6.45, 7) is 2.35. The second kappa shape index (κ2) is 9.47. The van der Waals surface area contributed by atoms with Gasteiger partial charge in [-0.15, -0.1) is 0 Å². The smallest absolute Gasteiger partial charge is 0.328 e. The van der Waals surface area contributed by atoms with Gasteiger partial charge in [-0.1, -0.05) is 11.8 Å². The van der Waals surface area contributed by atoms with Crippen molar-refractivity contribution in [3.05, 3.63) is 71.1 Å². The third-order valence-electron chi connectivity index (χ3n) is 5.35. The molecule has 0 aliphatic carbocycles. The molecule has 0 spiro atoms. The van der Waals surface area contributed by atoms with Crippen LogP contribution in [0, 0.1) is 0 Å². The van der Waals surface area contributed by atoms with Crippen molar-refractivity contribution < 1.29 is 17.9 Å². The lowest BCUT2D eigenvalue weighted by Gasteiger charge is -2.14. The van der Waals surface area contributed by atoms with Crippen molar-refractivity contribution in [2.75, 3.05) is 18.4 Å². The first-order chi connectivity index (χ1) is 16.2. The van der Waals surface area contributed by atoms with E-state index in [-0.39, 0.29) is 10.6 Å². The molecule has 1 N–H and O–H groups in total. The first-order valence-corrected chi connectivity index (χ1v) is 12.8. The third kappa shape index (κ3) is 4.64. The van der Waals surface area contributed by atoms with Crippen molar-refractivity contribution in [1.29, 1.82) is 0 Å². The molecule has 0 unspecified atom stereocenters. The summed E-state index contributed by atoms with van der Waals surface area (Å²) in [4.78, 5) is 14.1. The highest BCUT2D eigenvalue weighted by atomic mass is 32.2. The zero-order valence-electron chi connectivity index (χ0n) is 19.2. The van der Waals surface area contributed by atoms with Gasteiger partial charge >= 0.3 is 5.69 Å². The SMILES string of the molecule is CCOc1ccc(S(=O)(=O)Nc2cc3c(cc2Sc2ccc(OC)cc2)n(C)c(=O)n3C)cc1. The summed E-state index contributed by atoms with van der Waals surface area (Å²) >= 11 is 1.39. The van der Waals surface area contributed by atoms with Crippen LogP contribution in [0.15, 0.2) is 80.1 Å². The van der Waals surface area contributed by atoms with Gasteiger partial charge in [0.25, 0.3) is 10.0 Å². The van der Waals surface area contributed by atoms with Crippen LogP contribution in [0.3, 0.4) is 0 Å². The number of hydrogen-bond donors (Lipinski definition) is 1. The van der Waals surface area contributed by atoms with Gasteiger partial charge in [0.05, 0.1) is 35.3 Å². The Kier molecular flexibility index (Phi) is 6.63. The van der Waals surface area contributed by atoms with Gasteiger partial charge in [-0.3, -0.25) is 13.9 Å². The van der Waals surface area contributed by atoms with Crippen molar-refractivity contribution in [3.63, 3.8) is 0 Å². The largest absolute Gasteiger partial charge is 0.497 e. The number of sulfonamides is 1. The molecular formula is C24H25N3O5S2. The molecule has 0 atom stereocenters. The highest BCUT2D eigenvalue weighted by Crippen LogP contribution is 2.38. The number of methoxy groups -OCH3 is 1. The number of imidazole rings is 1. The topological polar surface area (TPSA) is 91.6 Å². The number of nitrogens with zero attached hydrogens (tertiary/aromatic N) is 2. The van der Waals surface area contributed by atoms with Gasteiger partial charge in [0.1, 0.15) is 11.5 Å². The fourth-order valence-corrected chi connectivity index (χ4v) is 5.60. The first kappa shape index (κ1) is 23.8. The average Bonchev–Trinajstić information content (AvgIpc) is 3.03. The Morgan fingerprint density at radius 2 is 1.50 bits per heavy atom. The van der Waals surface area contributed by atoms with E-state index in [0.717, 1.165) is 10.6 Å². The highest BCUT2D eigenvalue weighted by molar-refractivity contribution is 7.99. The number of rotatable bonds is 8. The molecule has 3 aromatic carbocycles. The lowest BCUT2D eigenvalue weighted by molar-refractivity contribution is 0.340. The summed E-state index contributed by atoms with van der Waals surface area (Å²) in [5.41, 5.74) is 1.51. The zero-order chi connectivity index (χ0) is 24.5. The Morgan fingerprint density at radius 1 is 0.912 bits per heavy atom. The highest BCUT2D eigenvalue weighted by Gasteiger charge is 2.20. The summed E-state index contributed by atoms with van der Waals surface area (Å²) in [6.07, 6.45) is 0. The molecular weight excluding hydrogens is 474 g/mol. The first-order valence-electron chi connectivity index (χ1n) is 10.5. The summed E-state index contributed by atoms with van der Waals surface area (Å²) in [5, 5.41) is 0. The van der Waals surface area contributed by atoms with E-state index in [1.54, 1.807) is 39.4 Å². The second-order valence-corrected chi connectivity index (χ2v) is 10.3. The lowest BCUT2D eigenvalue weighted by Crippen LogP contribution is -2.19. The van der Waals surface area contributed by atoms with Gasteiger partial charge in [0.15, 0.2) is 0 Å². The van der Waals surface area contributed by atoms with Crippen molar-refractivity contribution in [3.8, 4) is 11.5 Å². The quantitative estimate of drug-likeness (QED) is 0.390. The van der Waals surface area contributed by atoms with Crippen LogP contribution in [0.1, 0.15) is 6.92 Å². The number of aryl methyl sites for hydroxylation is 2. The standard InChI is InChI=1S/C24H25N3O5S2/c1-5-32-17-8-12-19(13-9-17)34(29,30)25-20-14-21-22(27(3)24(28)26(21)2)15-23(20)33-18-10-6-16(31-4)7-11-18/h6-15,25H,5H2,1-4H3. The summed E-state index contributed by atoms with van der Waals surface area (Å²) in [6, 6.07) is 17.2. The van der Waals surface area contributed by atoms with Crippen LogP contribution in [0.2, 0.25) is 0 Å². The van der Waals surface area contributed by atoms with Crippen molar-refractivity contribution in [1.82, 2.24) is 9.13 Å². The number of ether oxygens (including phenoxy) is 2. The van der Waals surface area contributed by atoms with Crippen LogP contribution in [-0.2, 0) is 24.1 Å². The number of fused-ring (bicyclic) bond motifs is 1. The molecule has 8 nitrogen and oxygen atoms in total. The second-order valence-electron chi connectivity index (χ2n) is 7.53. The predicted octanol–water partition coefficient (Wildman–Crippen LogP) is 4.24. The van der Waals surface area contributed by atoms with Gasteiger partial charge in [-0.2, -0.15) is 0 Å². The molecule has 4 aromatic rings. The van der Waals surface area contributed by atoms with E-state index in [2.05, 4.69) is 4.72 Å². The van der Waals surface area contributed by atoms with Crippen LogP contribution in [0.5, 0.6) is 11.5 Å². The molecule has 0 radical (unpaired) electrons. The lowest BCUT2D eigenvalue weighted by atomic mass is 10.3. The Bertz CT molecular complexity index is 1490. The predicted molar refractivity (Wildman–Crippen MR) is 134 cm³/mol. The number of nitrogens with one attached hydrogen (secondary N) is 1. The van der Waals surface area contributed by atoms with Gasteiger partial charge in [0, 0.05) is 23.9 Å². The van der Waals surface area contributed by atoms with E-state index in [1.165, 1.54) is 33.0 Å². The maximum absolute atomic E-state index is 13.2. The van der Waals surface area contributed by atoms with Crippen molar-refractivity contribution >= 4 is 38.5 Å². The summed E-state index contributed by atoms with van der Waals surface area (Å²) < 4.78 is 42.8. The van der Waals surface area contributed by atoms with E-state index < -0.39 is 10.0 Å². The molecule has 0 aliphatic rings. The summed E-state index contributed by atoms with van der Waals surface area (Å²) in [7, 11) is 1.06. The molecule has 0 aliphatic heterocycles. The third-order valence-corrected chi connectivity index (χ3v) is 7.80. The van der Waals surface area contributed by atoms with Crippen LogP contribution in [0.4, 0.5) is 5.69 Å². The van der Waals surface area contributed by atoms with Crippen LogP contribution < -0.4 is 19.9 Å². The fraction of sp³-hybridized carbons (Fsp3) is 0.208. The molecule has 4 rings (SSSR count). The van der Waals surface area contributed by atoms with Crippen molar-refractivity contribution in [2.24, 2.45) is 14.1 Å². The number of anilines is 1. The minimum Gasteiger partial charge on any atom is -0.497 e. The zero-order valence-corrected chi connectivity index (χ0v) is 20.9. The molecule has 0 fully saturated rings. The van der Waals surface area contributed by atoms with Gasteiger partial charge in [-0.05, 0) is 67.6 Å². The Balaban J connectivity index is 1.78. The normalized spacial score (nSPS) is 11.5. The molecule has 34 heavy (non-hydrogen) atoms.